The molecule has 1 saturated carbocycles. The molecule has 6 heteroatoms. The van der Waals surface area contributed by atoms with Crippen LogP contribution in [0.15, 0.2) is 0 Å². The number of carbonyl (C=O) groups excluding carboxylic acids is 1. The summed E-state index contributed by atoms with van der Waals surface area (Å²) in [7, 11) is 1.69. The zero-order valence-corrected chi connectivity index (χ0v) is 12.7. The first-order valence-electron chi connectivity index (χ1n) is 6.59. The Bertz CT molecular complexity index is 453. The summed E-state index contributed by atoms with van der Waals surface area (Å²) >= 11 is 1.37. The second-order valence-corrected chi connectivity index (χ2v) is 6.92. The van der Waals surface area contributed by atoms with Crippen molar-refractivity contribution in [1.29, 1.82) is 0 Å². The van der Waals surface area contributed by atoms with Gasteiger partial charge in [-0.3, -0.25) is 4.79 Å². The quantitative estimate of drug-likeness (QED) is 0.923. The van der Waals surface area contributed by atoms with Crippen molar-refractivity contribution in [1.82, 2.24) is 15.5 Å². The number of methoxy groups -OCH3 is 1. The minimum atomic E-state index is -0.137. The molecule has 0 bridgehead atoms. The van der Waals surface area contributed by atoms with Crippen LogP contribution in [0.1, 0.15) is 54.8 Å². The Morgan fingerprint density at radius 3 is 2.68 bits per heavy atom. The van der Waals surface area contributed by atoms with Crippen LogP contribution < -0.4 is 5.32 Å². The zero-order valence-electron chi connectivity index (χ0n) is 11.9. The minimum Gasteiger partial charge on any atom is -0.379 e. The summed E-state index contributed by atoms with van der Waals surface area (Å²) in [5.74, 6) is -0.137. The van der Waals surface area contributed by atoms with E-state index < -0.39 is 0 Å². The van der Waals surface area contributed by atoms with Gasteiger partial charge in [-0.15, -0.1) is 10.2 Å². The fourth-order valence-electron chi connectivity index (χ4n) is 2.22. The van der Waals surface area contributed by atoms with Gasteiger partial charge in [0.05, 0.1) is 12.1 Å². The fraction of sp³-hybridized carbons (Fsp3) is 0.769. The van der Waals surface area contributed by atoms with Crippen LogP contribution in [0, 0.1) is 0 Å². The number of aromatic nitrogens is 2. The lowest BCUT2D eigenvalue weighted by Gasteiger charge is -2.18. The lowest BCUT2D eigenvalue weighted by atomic mass is 9.98. The van der Waals surface area contributed by atoms with Crippen molar-refractivity contribution in [3.63, 3.8) is 0 Å². The molecule has 2 rings (SSSR count). The van der Waals surface area contributed by atoms with Gasteiger partial charge in [-0.25, -0.2) is 0 Å². The third-order valence-corrected chi connectivity index (χ3v) is 4.68. The molecule has 0 saturated heterocycles. The molecule has 0 spiro atoms. The number of carbonyl (C=O) groups is 1. The Morgan fingerprint density at radius 1 is 1.37 bits per heavy atom. The number of nitrogens with one attached hydrogen (secondary N) is 1. The van der Waals surface area contributed by atoms with Gasteiger partial charge >= 0.3 is 0 Å². The van der Waals surface area contributed by atoms with Crippen LogP contribution in [0.4, 0.5) is 0 Å². The van der Waals surface area contributed by atoms with Crippen LogP contribution in [-0.2, 0) is 10.2 Å². The molecular formula is C13H21N3O2S. The molecular weight excluding hydrogens is 262 g/mol. The van der Waals surface area contributed by atoms with Gasteiger partial charge in [0.15, 0.2) is 0 Å². The van der Waals surface area contributed by atoms with Crippen LogP contribution in [-0.4, -0.2) is 35.4 Å². The smallest absolute Gasteiger partial charge is 0.282 e. The van der Waals surface area contributed by atoms with Gasteiger partial charge in [-0.05, 0) is 19.3 Å². The van der Waals surface area contributed by atoms with Crippen molar-refractivity contribution < 1.29 is 9.53 Å². The topological polar surface area (TPSA) is 64.1 Å². The van der Waals surface area contributed by atoms with E-state index >= 15 is 0 Å². The van der Waals surface area contributed by atoms with Crippen molar-refractivity contribution in [3.05, 3.63) is 10.0 Å². The van der Waals surface area contributed by atoms with Crippen molar-refractivity contribution in [2.75, 3.05) is 7.11 Å². The lowest BCUT2D eigenvalue weighted by Crippen LogP contribution is -2.40. The summed E-state index contributed by atoms with van der Waals surface area (Å²) in [6.45, 7) is 6.19. The molecule has 1 aromatic heterocycles. The van der Waals surface area contributed by atoms with E-state index in [1.165, 1.54) is 11.3 Å². The van der Waals surface area contributed by atoms with Crippen LogP contribution in [0.2, 0.25) is 0 Å². The van der Waals surface area contributed by atoms with Crippen molar-refractivity contribution in [2.24, 2.45) is 0 Å². The Kier molecular flexibility index (Phi) is 4.20. The van der Waals surface area contributed by atoms with Crippen LogP contribution in [0.25, 0.3) is 0 Å². The highest BCUT2D eigenvalue weighted by molar-refractivity contribution is 7.13. The van der Waals surface area contributed by atoms with Gasteiger partial charge < -0.3 is 10.1 Å². The molecule has 19 heavy (non-hydrogen) atoms. The van der Waals surface area contributed by atoms with E-state index in [1.54, 1.807) is 7.11 Å². The average Bonchev–Trinajstić information content (AvgIpc) is 2.95. The molecule has 106 valence electrons. The summed E-state index contributed by atoms with van der Waals surface area (Å²) in [4.78, 5) is 12.1. The number of ether oxygens (including phenoxy) is 1. The molecule has 1 aliphatic carbocycles. The molecule has 0 radical (unpaired) electrons. The first-order chi connectivity index (χ1) is 8.91. The monoisotopic (exact) mass is 283 g/mol. The SMILES string of the molecule is CO[C@@H]1CCC[C@H]1NC(=O)c1nnc(C(C)(C)C)s1. The van der Waals surface area contributed by atoms with Crippen molar-refractivity contribution in [3.8, 4) is 0 Å². The van der Waals surface area contributed by atoms with Crippen LogP contribution in [0.3, 0.4) is 0 Å². The average molecular weight is 283 g/mol. The highest BCUT2D eigenvalue weighted by Crippen LogP contribution is 2.26. The summed E-state index contributed by atoms with van der Waals surface area (Å²) in [5.41, 5.74) is -0.0708. The summed E-state index contributed by atoms with van der Waals surface area (Å²) < 4.78 is 5.37. The second kappa shape index (κ2) is 5.54. The first kappa shape index (κ1) is 14.4. The Balaban J connectivity index is 2.02. The fourth-order valence-corrected chi connectivity index (χ4v) is 3.03. The Morgan fingerprint density at radius 2 is 2.11 bits per heavy atom. The highest BCUT2D eigenvalue weighted by atomic mass is 32.1. The number of rotatable bonds is 3. The van der Waals surface area contributed by atoms with Gasteiger partial charge in [-0.1, -0.05) is 32.1 Å². The zero-order chi connectivity index (χ0) is 14.0. The summed E-state index contributed by atoms with van der Waals surface area (Å²) in [5, 5.41) is 12.4. The molecule has 0 aliphatic heterocycles. The summed E-state index contributed by atoms with van der Waals surface area (Å²) in [6, 6.07) is 0.0967. The molecule has 0 unspecified atom stereocenters. The van der Waals surface area contributed by atoms with Crippen molar-refractivity contribution in [2.45, 2.75) is 57.6 Å². The van der Waals surface area contributed by atoms with Crippen LogP contribution in [0.5, 0.6) is 0 Å². The predicted octanol–water partition coefficient (Wildman–Crippen LogP) is 2.13. The minimum absolute atomic E-state index is 0.0708. The van der Waals surface area contributed by atoms with Gasteiger partial charge in [0.1, 0.15) is 5.01 Å². The predicted molar refractivity (Wildman–Crippen MR) is 74.5 cm³/mol. The van der Waals surface area contributed by atoms with E-state index in [0.717, 1.165) is 24.3 Å². The van der Waals surface area contributed by atoms with E-state index in [1.807, 2.05) is 0 Å². The molecule has 0 aromatic carbocycles. The molecule has 1 fully saturated rings. The third-order valence-electron chi connectivity index (χ3n) is 3.33. The van der Waals surface area contributed by atoms with E-state index in [0.29, 0.717) is 5.01 Å². The number of hydrogen-bond donors (Lipinski definition) is 1. The molecule has 1 amide bonds. The maximum Gasteiger partial charge on any atom is 0.282 e. The van der Waals surface area contributed by atoms with Gasteiger partial charge in [-0.2, -0.15) is 0 Å². The van der Waals surface area contributed by atoms with E-state index in [2.05, 4.69) is 36.3 Å². The highest BCUT2D eigenvalue weighted by Gasteiger charge is 2.30. The van der Waals surface area contributed by atoms with Crippen LogP contribution >= 0.6 is 11.3 Å². The van der Waals surface area contributed by atoms with Gasteiger partial charge in [0, 0.05) is 12.5 Å². The molecule has 5 nitrogen and oxygen atoms in total. The van der Waals surface area contributed by atoms with E-state index in [9.17, 15) is 4.79 Å². The standard InChI is InChI=1S/C13H21N3O2S/c1-13(2,3)12-16-15-11(19-12)10(17)14-8-6-5-7-9(8)18-4/h8-9H,5-7H2,1-4H3,(H,14,17)/t8-,9-/m1/s1. The maximum atomic E-state index is 12.1. The molecule has 2 atom stereocenters. The van der Waals surface area contributed by atoms with Gasteiger partial charge in [0.25, 0.3) is 5.91 Å². The van der Waals surface area contributed by atoms with E-state index in [-0.39, 0.29) is 23.5 Å². The van der Waals surface area contributed by atoms with E-state index in [4.69, 9.17) is 4.74 Å². The number of nitrogens with zero attached hydrogens (tertiary/aromatic N) is 2. The summed E-state index contributed by atoms with van der Waals surface area (Å²) in [6.07, 6.45) is 3.19. The van der Waals surface area contributed by atoms with Crippen molar-refractivity contribution >= 4 is 17.2 Å². The lowest BCUT2D eigenvalue weighted by molar-refractivity contribution is 0.0721. The second-order valence-electron chi connectivity index (χ2n) is 5.95. The molecule has 1 aromatic rings. The molecule has 1 N–H and O–H groups in total. The van der Waals surface area contributed by atoms with Gasteiger partial charge in [0.2, 0.25) is 5.01 Å². The Hall–Kier alpha value is -1.01. The normalized spacial score (nSPS) is 23.6. The molecule has 1 aliphatic rings. The Labute approximate surface area is 117 Å². The largest absolute Gasteiger partial charge is 0.379 e. The number of amides is 1. The third kappa shape index (κ3) is 3.30. The first-order valence-corrected chi connectivity index (χ1v) is 7.41. The number of hydrogen-bond acceptors (Lipinski definition) is 5. The molecule has 1 heterocycles. The maximum absolute atomic E-state index is 12.1.